The zero-order chi connectivity index (χ0) is 24.1. The van der Waals surface area contributed by atoms with Crippen LogP contribution in [0.5, 0.6) is 0 Å². The minimum atomic E-state index is -0.681. The molecule has 4 aromatic rings. The molecule has 3 aliphatic rings. The molecule has 4 heterocycles. The van der Waals surface area contributed by atoms with E-state index < -0.39 is 5.79 Å². The second kappa shape index (κ2) is 7.12. The van der Waals surface area contributed by atoms with Gasteiger partial charge in [-0.1, -0.05) is 23.7 Å². The molecule has 0 radical (unpaired) electrons. The molecule has 3 fully saturated rings. The van der Waals surface area contributed by atoms with Crippen molar-refractivity contribution in [2.24, 2.45) is 11.3 Å². The average Bonchev–Trinajstić information content (AvgIpc) is 3.08. The minimum absolute atomic E-state index is 0.0631. The van der Waals surface area contributed by atoms with Gasteiger partial charge in [-0.3, -0.25) is 0 Å². The largest absolute Gasteiger partial charge is 0.384 e. The molecule has 2 saturated carbocycles. The van der Waals surface area contributed by atoms with Gasteiger partial charge in [0.1, 0.15) is 34.6 Å². The van der Waals surface area contributed by atoms with E-state index in [1.807, 2.05) is 38.2 Å². The Hall–Kier alpha value is -2.81. The fourth-order valence-electron chi connectivity index (χ4n) is 6.58. The number of nitrogens with zero attached hydrogens (tertiary/aromatic N) is 4. The Labute approximate surface area is 206 Å². The highest BCUT2D eigenvalue weighted by Gasteiger charge is 2.75. The van der Waals surface area contributed by atoms with E-state index in [2.05, 4.69) is 19.5 Å². The summed E-state index contributed by atoms with van der Waals surface area (Å²) < 4.78 is 30.5. The van der Waals surface area contributed by atoms with E-state index in [0.29, 0.717) is 34.4 Å². The van der Waals surface area contributed by atoms with Crippen molar-refractivity contribution < 1.29 is 13.9 Å². The van der Waals surface area contributed by atoms with Crippen molar-refractivity contribution in [2.45, 2.75) is 57.1 Å². The Morgan fingerprint density at radius 1 is 1.17 bits per heavy atom. The van der Waals surface area contributed by atoms with Gasteiger partial charge in [-0.15, -0.1) is 0 Å². The molecule has 1 aromatic carbocycles. The van der Waals surface area contributed by atoms with Gasteiger partial charge in [-0.2, -0.15) is 0 Å². The Balaban J connectivity index is 1.23. The van der Waals surface area contributed by atoms with E-state index in [4.69, 9.17) is 26.8 Å². The first kappa shape index (κ1) is 21.5. The molecule has 35 heavy (non-hydrogen) atoms. The van der Waals surface area contributed by atoms with Gasteiger partial charge in [0, 0.05) is 17.0 Å². The number of pyridine rings is 1. The Bertz CT molecular complexity index is 1510. The first-order valence-electron chi connectivity index (χ1n) is 11.9. The molecular weight excluding hydrogens is 469 g/mol. The number of nitrogen functional groups attached to an aromatic ring is 1. The summed E-state index contributed by atoms with van der Waals surface area (Å²) in [6.07, 6.45) is 5.72. The van der Waals surface area contributed by atoms with E-state index >= 15 is 4.39 Å². The fourth-order valence-corrected chi connectivity index (χ4v) is 6.78. The number of nitrogens with two attached hydrogens (primary N) is 1. The molecule has 2 aliphatic carbocycles. The Morgan fingerprint density at radius 2 is 2.00 bits per heavy atom. The highest BCUT2D eigenvalue weighted by atomic mass is 35.5. The number of hydrogen-bond donors (Lipinski definition) is 1. The van der Waals surface area contributed by atoms with E-state index in [0.717, 1.165) is 29.3 Å². The van der Waals surface area contributed by atoms with E-state index in [9.17, 15) is 0 Å². The maximum atomic E-state index is 15.4. The number of aromatic nitrogens is 4. The van der Waals surface area contributed by atoms with Crippen LogP contribution in [0.15, 0.2) is 42.9 Å². The van der Waals surface area contributed by atoms with E-state index in [1.165, 1.54) is 6.33 Å². The molecule has 7 nitrogen and oxygen atoms in total. The molecule has 1 saturated heterocycles. The lowest BCUT2D eigenvalue weighted by atomic mass is 9.91. The van der Waals surface area contributed by atoms with Gasteiger partial charge in [0.25, 0.3) is 0 Å². The lowest BCUT2D eigenvalue weighted by molar-refractivity contribution is -0.161. The maximum Gasteiger partial charge on any atom is 0.163 e. The first-order valence-corrected chi connectivity index (χ1v) is 12.3. The third kappa shape index (κ3) is 3.06. The number of halogens is 2. The zero-order valence-corrected chi connectivity index (χ0v) is 20.2. The number of fused-ring (bicyclic) bond motifs is 5. The number of benzene rings is 1. The average molecular weight is 494 g/mol. The van der Waals surface area contributed by atoms with Crippen molar-refractivity contribution in [3.05, 3.63) is 59.4 Å². The molecular formula is C26H25ClFN5O2. The van der Waals surface area contributed by atoms with Crippen LogP contribution in [0.25, 0.3) is 21.9 Å². The summed E-state index contributed by atoms with van der Waals surface area (Å²) in [5.41, 5.74) is 7.51. The summed E-state index contributed by atoms with van der Waals surface area (Å²) >= 11 is 6.32. The maximum absolute atomic E-state index is 15.4. The van der Waals surface area contributed by atoms with Crippen molar-refractivity contribution in [2.75, 3.05) is 5.73 Å². The van der Waals surface area contributed by atoms with Gasteiger partial charge >= 0.3 is 0 Å². The molecule has 7 rings (SSSR count). The summed E-state index contributed by atoms with van der Waals surface area (Å²) in [4.78, 5) is 12.9. The molecule has 1 aliphatic heterocycles. The quantitative estimate of drug-likeness (QED) is 0.399. The van der Waals surface area contributed by atoms with Crippen molar-refractivity contribution in [1.29, 1.82) is 0 Å². The van der Waals surface area contributed by atoms with Gasteiger partial charge in [0.05, 0.1) is 17.5 Å². The number of aryl methyl sites for hydroxylation is 1. The van der Waals surface area contributed by atoms with Crippen LogP contribution in [0.3, 0.4) is 0 Å². The summed E-state index contributed by atoms with van der Waals surface area (Å²) in [5.74, 6) is -0.312. The van der Waals surface area contributed by atoms with Crippen molar-refractivity contribution in [1.82, 2.24) is 19.5 Å². The van der Waals surface area contributed by atoms with Gasteiger partial charge in [0.2, 0.25) is 0 Å². The van der Waals surface area contributed by atoms with Crippen LogP contribution < -0.4 is 5.73 Å². The number of rotatable bonds is 4. The van der Waals surface area contributed by atoms with Crippen molar-refractivity contribution >= 4 is 39.4 Å². The molecule has 5 atom stereocenters. The van der Waals surface area contributed by atoms with E-state index in [-0.39, 0.29) is 29.5 Å². The van der Waals surface area contributed by atoms with Crippen LogP contribution in [-0.2, 0) is 15.9 Å². The third-order valence-corrected chi connectivity index (χ3v) is 8.47. The lowest BCUT2D eigenvalue weighted by Crippen LogP contribution is -2.32. The molecule has 0 spiro atoms. The van der Waals surface area contributed by atoms with Gasteiger partial charge in [-0.05, 0) is 62.8 Å². The molecule has 3 aromatic heterocycles. The molecule has 180 valence electrons. The van der Waals surface area contributed by atoms with E-state index in [1.54, 1.807) is 12.1 Å². The number of hydrogen-bond acceptors (Lipinski definition) is 6. The molecule has 0 amide bonds. The van der Waals surface area contributed by atoms with Crippen LogP contribution in [0, 0.1) is 17.2 Å². The summed E-state index contributed by atoms with van der Waals surface area (Å²) in [7, 11) is 0. The van der Waals surface area contributed by atoms with Crippen molar-refractivity contribution in [3.63, 3.8) is 0 Å². The van der Waals surface area contributed by atoms with Crippen LogP contribution in [0.2, 0.25) is 5.15 Å². The summed E-state index contributed by atoms with van der Waals surface area (Å²) in [6, 6.07) is 9.29. The molecule has 2 N–H and O–H groups in total. The first-order chi connectivity index (χ1) is 16.8. The Kier molecular flexibility index (Phi) is 4.37. The van der Waals surface area contributed by atoms with Crippen molar-refractivity contribution in [3.8, 4) is 0 Å². The second-order valence-corrected chi connectivity index (χ2v) is 10.9. The summed E-state index contributed by atoms with van der Waals surface area (Å²) in [6.45, 7) is 3.92. The van der Waals surface area contributed by atoms with Crippen LogP contribution in [-0.4, -0.2) is 37.5 Å². The van der Waals surface area contributed by atoms with Crippen LogP contribution >= 0.6 is 11.6 Å². The monoisotopic (exact) mass is 493 g/mol. The number of anilines is 1. The minimum Gasteiger partial charge on any atom is -0.384 e. The van der Waals surface area contributed by atoms with Gasteiger partial charge in [0.15, 0.2) is 11.6 Å². The highest BCUT2D eigenvalue weighted by molar-refractivity contribution is 6.33. The third-order valence-electron chi connectivity index (χ3n) is 8.17. The molecule has 0 bridgehead atoms. The van der Waals surface area contributed by atoms with Gasteiger partial charge in [-0.25, -0.2) is 19.3 Å². The van der Waals surface area contributed by atoms with Crippen LogP contribution in [0.1, 0.15) is 38.3 Å². The topological polar surface area (TPSA) is 88.1 Å². The fraction of sp³-hybridized carbons (Fsp3) is 0.423. The molecule has 0 unspecified atom stereocenters. The lowest BCUT2D eigenvalue weighted by Gasteiger charge is -2.24. The highest BCUT2D eigenvalue weighted by Crippen LogP contribution is 2.73. The zero-order valence-electron chi connectivity index (χ0n) is 19.4. The van der Waals surface area contributed by atoms with Gasteiger partial charge < -0.3 is 19.8 Å². The number of ether oxygens (including phenoxy) is 2. The second-order valence-electron chi connectivity index (χ2n) is 10.5. The SMILES string of the molecule is CC1(C)O[C@H]2[C@H](n3ccc4c(Cl)ncnc43)[C@H]3C[C@@]3(CCc3ccc4ccc(N)nc4c3F)[C@H]2O1. The standard InChI is InChI=1S/C26H25ClFN5O2/c1-25(2)34-21-20(33-10-8-15-23(27)30-12-31-24(15)33)16-11-26(16,22(21)35-25)9-7-13-3-4-14-5-6-17(29)32-19(14)18(13)28/h3-6,8,10,12,16,20-22H,7,9,11H2,1-2H3,(H2,29,32)/t16-,20-,21+,22+,26-/m1/s1. The predicted octanol–water partition coefficient (Wildman–Crippen LogP) is 5.07. The Morgan fingerprint density at radius 3 is 2.86 bits per heavy atom. The van der Waals surface area contributed by atoms with Crippen LogP contribution in [0.4, 0.5) is 10.2 Å². The smallest absolute Gasteiger partial charge is 0.163 e. The predicted molar refractivity (Wildman–Crippen MR) is 130 cm³/mol. The molecule has 9 heteroatoms. The summed E-state index contributed by atoms with van der Waals surface area (Å²) in [5, 5.41) is 2.01. The normalized spacial score (nSPS) is 30.6.